The summed E-state index contributed by atoms with van der Waals surface area (Å²) in [6.07, 6.45) is 5.50. The van der Waals surface area contributed by atoms with Gasteiger partial charge in [0.25, 0.3) is 0 Å². The molecule has 0 aromatic heterocycles. The van der Waals surface area contributed by atoms with E-state index < -0.39 is 0 Å². The van der Waals surface area contributed by atoms with Gasteiger partial charge in [-0.1, -0.05) is 35.9 Å². The second-order valence-corrected chi connectivity index (χ2v) is 4.65. The minimum absolute atomic E-state index is 0.856. The zero-order valence-corrected chi connectivity index (χ0v) is 10.5. The Balaban J connectivity index is 2.37. The van der Waals surface area contributed by atoms with Gasteiger partial charge in [0.15, 0.2) is 0 Å². The fourth-order valence-corrected chi connectivity index (χ4v) is 2.19. The summed E-state index contributed by atoms with van der Waals surface area (Å²) in [7, 11) is 0. The molecule has 1 aliphatic rings. The van der Waals surface area contributed by atoms with E-state index >= 15 is 0 Å². The highest BCUT2D eigenvalue weighted by molar-refractivity contribution is 5.70. The van der Waals surface area contributed by atoms with Gasteiger partial charge in [0, 0.05) is 5.57 Å². The van der Waals surface area contributed by atoms with Crippen molar-refractivity contribution < 1.29 is 0 Å². The maximum atomic E-state index is 8.94. The molecule has 0 saturated heterocycles. The van der Waals surface area contributed by atoms with Crippen LogP contribution in [0.15, 0.2) is 41.5 Å². The molecule has 0 atom stereocenters. The van der Waals surface area contributed by atoms with Gasteiger partial charge < -0.3 is 0 Å². The molecule has 2 rings (SSSR count). The van der Waals surface area contributed by atoms with E-state index in [0.717, 1.165) is 24.8 Å². The summed E-state index contributed by atoms with van der Waals surface area (Å²) in [5, 5.41) is 8.94. The number of rotatable bonds is 1. The van der Waals surface area contributed by atoms with Crippen molar-refractivity contribution in [3.63, 3.8) is 0 Å². The number of nitrogens with zero attached hydrogens (tertiary/aromatic N) is 1. The highest BCUT2D eigenvalue weighted by Gasteiger charge is 2.11. The molecule has 86 valence electrons. The topological polar surface area (TPSA) is 23.8 Å². The smallest absolute Gasteiger partial charge is 0.0946 e. The average Bonchev–Trinajstić information content (AvgIpc) is 2.39. The molecule has 0 saturated carbocycles. The molecule has 1 aliphatic carbocycles. The molecule has 1 aromatic carbocycles. The number of aryl methyl sites for hydroxylation is 1. The summed E-state index contributed by atoms with van der Waals surface area (Å²) in [5.41, 5.74) is 6.00. The minimum Gasteiger partial charge on any atom is -0.193 e. The highest BCUT2D eigenvalue weighted by atomic mass is 14.2. The van der Waals surface area contributed by atoms with E-state index in [-0.39, 0.29) is 0 Å². The summed E-state index contributed by atoms with van der Waals surface area (Å²) in [6.45, 7) is 4.01. The Kier molecular flexibility index (Phi) is 3.44. The van der Waals surface area contributed by atoms with Crippen LogP contribution < -0.4 is 0 Å². The Morgan fingerprint density at radius 2 is 1.88 bits per heavy atom. The Labute approximate surface area is 103 Å². The minimum atomic E-state index is 0.856. The van der Waals surface area contributed by atoms with Gasteiger partial charge in [-0.25, -0.2) is 0 Å². The summed E-state index contributed by atoms with van der Waals surface area (Å²) >= 11 is 0. The molecule has 0 spiro atoms. The first-order valence-corrected chi connectivity index (χ1v) is 6.08. The second kappa shape index (κ2) is 5.01. The summed E-state index contributed by atoms with van der Waals surface area (Å²) in [4.78, 5) is 0. The first kappa shape index (κ1) is 11.7. The lowest BCUT2D eigenvalue weighted by molar-refractivity contribution is 0.829. The molecule has 0 unspecified atom stereocenters. The second-order valence-electron chi connectivity index (χ2n) is 4.65. The highest BCUT2D eigenvalue weighted by Crippen LogP contribution is 2.30. The molecule has 0 radical (unpaired) electrons. The van der Waals surface area contributed by atoms with Crippen LogP contribution in [0.4, 0.5) is 0 Å². The van der Waals surface area contributed by atoms with E-state index in [1.807, 2.05) is 6.92 Å². The van der Waals surface area contributed by atoms with Crippen molar-refractivity contribution in [3.8, 4) is 6.07 Å². The molecule has 0 heterocycles. The Hall–Kier alpha value is -1.81. The third-order valence-corrected chi connectivity index (χ3v) is 3.31. The van der Waals surface area contributed by atoms with Crippen molar-refractivity contribution >= 4 is 5.57 Å². The molecule has 0 fully saturated rings. The van der Waals surface area contributed by atoms with Gasteiger partial charge in [-0.2, -0.15) is 5.26 Å². The van der Waals surface area contributed by atoms with E-state index in [0.29, 0.717) is 0 Å². The van der Waals surface area contributed by atoms with Crippen LogP contribution in [0.1, 0.15) is 37.3 Å². The van der Waals surface area contributed by atoms with E-state index in [2.05, 4.69) is 43.3 Å². The van der Waals surface area contributed by atoms with Crippen LogP contribution in [-0.4, -0.2) is 0 Å². The van der Waals surface area contributed by atoms with Gasteiger partial charge in [-0.15, -0.1) is 0 Å². The number of benzene rings is 1. The van der Waals surface area contributed by atoms with Crippen LogP contribution in [0.25, 0.3) is 5.57 Å². The van der Waals surface area contributed by atoms with Gasteiger partial charge in [-0.05, 0) is 49.8 Å². The van der Waals surface area contributed by atoms with E-state index in [1.165, 1.54) is 22.3 Å². The third kappa shape index (κ3) is 2.65. The maximum absolute atomic E-state index is 8.94. The molecule has 1 nitrogen and oxygen atoms in total. The molecule has 0 bridgehead atoms. The van der Waals surface area contributed by atoms with Gasteiger partial charge in [0.2, 0.25) is 0 Å². The molecule has 1 heteroatoms. The molecule has 0 N–H and O–H groups in total. The zero-order chi connectivity index (χ0) is 12.3. The fourth-order valence-electron chi connectivity index (χ4n) is 2.19. The van der Waals surface area contributed by atoms with Crippen LogP contribution in [0.2, 0.25) is 0 Å². The lowest BCUT2D eigenvalue weighted by Gasteiger charge is -2.16. The van der Waals surface area contributed by atoms with Crippen molar-refractivity contribution in [3.05, 3.63) is 52.6 Å². The van der Waals surface area contributed by atoms with Gasteiger partial charge in [0.1, 0.15) is 0 Å². The predicted molar refractivity (Wildman–Crippen MR) is 71.3 cm³/mol. The summed E-state index contributed by atoms with van der Waals surface area (Å²) in [6, 6.07) is 10.9. The van der Waals surface area contributed by atoms with E-state index in [4.69, 9.17) is 5.26 Å². The van der Waals surface area contributed by atoms with Crippen LogP contribution in [0.5, 0.6) is 0 Å². The molecule has 0 aliphatic heterocycles. The number of hydrogen-bond acceptors (Lipinski definition) is 1. The van der Waals surface area contributed by atoms with Crippen LogP contribution in [0, 0.1) is 18.3 Å². The molecular formula is C16H17N. The van der Waals surface area contributed by atoms with Crippen LogP contribution >= 0.6 is 0 Å². The van der Waals surface area contributed by atoms with Crippen LogP contribution in [0.3, 0.4) is 0 Å². The van der Waals surface area contributed by atoms with Gasteiger partial charge in [0.05, 0.1) is 6.07 Å². The Morgan fingerprint density at radius 3 is 2.53 bits per heavy atom. The Morgan fingerprint density at radius 1 is 1.18 bits per heavy atom. The standard InChI is InChI=1S/C16H17N/c1-12-6-8-14(9-7-12)16-5-3-4-15(10-16)13(2)11-17/h6-10H,3-5H2,1-2H3/b15-13-. The number of nitriles is 1. The molecule has 0 amide bonds. The Bertz CT molecular complexity index is 509. The number of allylic oxidation sites excluding steroid dienone is 4. The van der Waals surface area contributed by atoms with Gasteiger partial charge in [-0.3, -0.25) is 0 Å². The largest absolute Gasteiger partial charge is 0.193 e. The zero-order valence-electron chi connectivity index (χ0n) is 10.5. The fraction of sp³-hybridized carbons (Fsp3) is 0.312. The lowest BCUT2D eigenvalue weighted by Crippen LogP contribution is -1.96. The lowest BCUT2D eigenvalue weighted by atomic mass is 9.89. The molecule has 17 heavy (non-hydrogen) atoms. The average molecular weight is 223 g/mol. The summed E-state index contributed by atoms with van der Waals surface area (Å²) < 4.78 is 0. The van der Waals surface area contributed by atoms with Crippen molar-refractivity contribution in [2.24, 2.45) is 0 Å². The normalized spacial score (nSPS) is 18.3. The first-order chi connectivity index (χ1) is 8.20. The molecular weight excluding hydrogens is 206 g/mol. The SMILES string of the molecule is C/C(C#N)=C1/C=C(c2ccc(C)cc2)CCC1. The summed E-state index contributed by atoms with van der Waals surface area (Å²) in [5.74, 6) is 0. The predicted octanol–water partition coefficient (Wildman–Crippen LogP) is 4.40. The maximum Gasteiger partial charge on any atom is 0.0946 e. The van der Waals surface area contributed by atoms with Crippen LogP contribution in [-0.2, 0) is 0 Å². The van der Waals surface area contributed by atoms with Crippen molar-refractivity contribution in [1.29, 1.82) is 5.26 Å². The van der Waals surface area contributed by atoms with Gasteiger partial charge >= 0.3 is 0 Å². The quantitative estimate of drug-likeness (QED) is 0.647. The third-order valence-electron chi connectivity index (χ3n) is 3.31. The van der Waals surface area contributed by atoms with Crippen molar-refractivity contribution in [2.45, 2.75) is 33.1 Å². The first-order valence-electron chi connectivity index (χ1n) is 6.08. The van der Waals surface area contributed by atoms with Crippen molar-refractivity contribution in [1.82, 2.24) is 0 Å². The number of hydrogen-bond donors (Lipinski definition) is 0. The molecule has 1 aromatic rings. The van der Waals surface area contributed by atoms with E-state index in [9.17, 15) is 0 Å². The van der Waals surface area contributed by atoms with Crippen molar-refractivity contribution in [2.75, 3.05) is 0 Å². The van der Waals surface area contributed by atoms with E-state index in [1.54, 1.807) is 0 Å². The monoisotopic (exact) mass is 223 g/mol.